The van der Waals surface area contributed by atoms with Gasteiger partial charge in [-0.05, 0) is 18.2 Å². The molecular formula is C20H15NO4S2. The van der Waals surface area contributed by atoms with Crippen molar-refractivity contribution in [2.24, 2.45) is 0 Å². The number of nitro groups is 1. The van der Waals surface area contributed by atoms with Crippen molar-refractivity contribution in [3.05, 3.63) is 91.7 Å². The van der Waals surface area contributed by atoms with E-state index in [9.17, 15) is 19.7 Å². The summed E-state index contributed by atoms with van der Waals surface area (Å²) in [7, 11) is 0. The Kier molecular flexibility index (Phi) is 6.26. The monoisotopic (exact) mass is 397 g/mol. The van der Waals surface area contributed by atoms with Crippen LogP contribution < -0.4 is 0 Å². The van der Waals surface area contributed by atoms with Gasteiger partial charge >= 0.3 is 0 Å². The standard InChI is InChI=1S/C20H15NO4S2/c22-17(11-10-14-6-4-5-9-16(14)21(24)25)18(20-26-12-13-27-20)19(23)15-7-2-1-3-8-15/h1-11H,12-13H2/b11-10-. The number of carbonyl (C=O) groups excluding carboxylic acids is 2. The van der Waals surface area contributed by atoms with Gasteiger partial charge in [-0.1, -0.05) is 42.5 Å². The van der Waals surface area contributed by atoms with Crippen LogP contribution in [0.2, 0.25) is 0 Å². The molecule has 0 N–H and O–H groups in total. The second-order valence-electron chi connectivity index (χ2n) is 5.57. The van der Waals surface area contributed by atoms with Crippen molar-refractivity contribution in [2.45, 2.75) is 0 Å². The highest BCUT2D eigenvalue weighted by atomic mass is 32.2. The molecule has 0 amide bonds. The summed E-state index contributed by atoms with van der Waals surface area (Å²) in [6, 6.07) is 14.8. The predicted octanol–water partition coefficient (Wildman–Crippen LogP) is 4.75. The Hall–Kier alpha value is -2.64. The Morgan fingerprint density at radius 2 is 1.59 bits per heavy atom. The second kappa shape index (κ2) is 8.83. The Morgan fingerprint density at radius 3 is 2.26 bits per heavy atom. The highest BCUT2D eigenvalue weighted by Crippen LogP contribution is 2.40. The Balaban J connectivity index is 1.95. The van der Waals surface area contributed by atoms with Crippen LogP contribution in [-0.4, -0.2) is 28.0 Å². The molecule has 0 aliphatic carbocycles. The molecule has 0 unspecified atom stereocenters. The molecule has 0 radical (unpaired) electrons. The Bertz CT molecular complexity index is 943. The van der Waals surface area contributed by atoms with E-state index in [1.54, 1.807) is 48.5 Å². The molecule has 1 saturated heterocycles. The first-order valence-corrected chi connectivity index (χ1v) is 10.1. The van der Waals surface area contributed by atoms with Gasteiger partial charge in [-0.3, -0.25) is 19.7 Å². The molecule has 3 rings (SSSR count). The minimum Gasteiger partial charge on any atom is -0.289 e. The van der Waals surface area contributed by atoms with Crippen molar-refractivity contribution in [2.75, 3.05) is 11.5 Å². The maximum atomic E-state index is 12.9. The van der Waals surface area contributed by atoms with E-state index in [0.29, 0.717) is 15.4 Å². The summed E-state index contributed by atoms with van der Waals surface area (Å²) in [6.07, 6.45) is 2.63. The number of thioether (sulfide) groups is 2. The van der Waals surface area contributed by atoms with Gasteiger partial charge in [0.15, 0.2) is 11.6 Å². The molecule has 1 aliphatic heterocycles. The van der Waals surface area contributed by atoms with E-state index in [0.717, 1.165) is 11.5 Å². The van der Waals surface area contributed by atoms with E-state index in [2.05, 4.69) is 0 Å². The van der Waals surface area contributed by atoms with Crippen LogP contribution in [-0.2, 0) is 4.79 Å². The SMILES string of the molecule is O=C(/C=C\c1ccccc1[N+](=O)[O-])C(C(=O)c1ccccc1)=C1SCCS1. The highest BCUT2D eigenvalue weighted by molar-refractivity contribution is 8.25. The number of rotatable bonds is 6. The number of carbonyl (C=O) groups is 2. The van der Waals surface area contributed by atoms with Gasteiger partial charge in [-0.2, -0.15) is 0 Å². The normalized spacial score (nSPS) is 13.7. The third kappa shape index (κ3) is 4.56. The van der Waals surface area contributed by atoms with E-state index in [1.807, 2.05) is 0 Å². The molecule has 0 atom stereocenters. The molecule has 1 heterocycles. The van der Waals surface area contributed by atoms with Crippen LogP contribution in [0.15, 0.2) is 70.5 Å². The van der Waals surface area contributed by atoms with E-state index < -0.39 is 10.7 Å². The molecule has 27 heavy (non-hydrogen) atoms. The number of ketones is 2. The zero-order valence-electron chi connectivity index (χ0n) is 14.2. The van der Waals surface area contributed by atoms with Gasteiger partial charge < -0.3 is 0 Å². The van der Waals surface area contributed by atoms with Crippen molar-refractivity contribution in [1.82, 2.24) is 0 Å². The van der Waals surface area contributed by atoms with Crippen LogP contribution in [0.5, 0.6) is 0 Å². The molecule has 0 spiro atoms. The summed E-state index contributed by atoms with van der Waals surface area (Å²) in [6.45, 7) is 0. The van der Waals surface area contributed by atoms with E-state index in [4.69, 9.17) is 0 Å². The molecule has 0 aromatic heterocycles. The van der Waals surface area contributed by atoms with Gasteiger partial charge in [0.2, 0.25) is 0 Å². The average Bonchev–Trinajstić information content (AvgIpc) is 3.21. The lowest BCUT2D eigenvalue weighted by molar-refractivity contribution is -0.385. The van der Waals surface area contributed by atoms with Crippen molar-refractivity contribution < 1.29 is 14.5 Å². The summed E-state index contributed by atoms with van der Waals surface area (Å²) >= 11 is 2.98. The van der Waals surface area contributed by atoms with Gasteiger partial charge in [0, 0.05) is 23.1 Å². The highest BCUT2D eigenvalue weighted by Gasteiger charge is 2.25. The lowest BCUT2D eigenvalue weighted by atomic mass is 10.0. The van der Waals surface area contributed by atoms with Crippen LogP contribution in [0, 0.1) is 10.1 Å². The minimum atomic E-state index is -0.499. The van der Waals surface area contributed by atoms with Crippen molar-refractivity contribution >= 4 is 46.9 Å². The van der Waals surface area contributed by atoms with Crippen LogP contribution >= 0.6 is 23.5 Å². The van der Waals surface area contributed by atoms with Crippen LogP contribution in [0.4, 0.5) is 5.69 Å². The molecule has 0 saturated carbocycles. The fraction of sp³-hybridized carbons (Fsp3) is 0.100. The zero-order chi connectivity index (χ0) is 19.2. The number of allylic oxidation sites excluding steroid dienone is 2. The van der Waals surface area contributed by atoms with Gasteiger partial charge in [0.25, 0.3) is 5.69 Å². The lowest BCUT2D eigenvalue weighted by Gasteiger charge is -2.07. The largest absolute Gasteiger partial charge is 0.289 e. The topological polar surface area (TPSA) is 77.3 Å². The third-order valence-corrected chi connectivity index (χ3v) is 6.53. The third-order valence-electron chi connectivity index (χ3n) is 3.81. The van der Waals surface area contributed by atoms with Gasteiger partial charge in [-0.25, -0.2) is 0 Å². The molecule has 2 aromatic rings. The summed E-state index contributed by atoms with van der Waals surface area (Å²) < 4.78 is 0.709. The first-order chi connectivity index (χ1) is 13.1. The minimum absolute atomic E-state index is 0.0882. The van der Waals surface area contributed by atoms with E-state index in [1.165, 1.54) is 41.7 Å². The molecule has 7 heteroatoms. The van der Waals surface area contributed by atoms with Crippen molar-refractivity contribution in [1.29, 1.82) is 0 Å². The van der Waals surface area contributed by atoms with Crippen LogP contribution in [0.25, 0.3) is 6.08 Å². The molecule has 5 nitrogen and oxygen atoms in total. The summed E-state index contributed by atoms with van der Waals surface area (Å²) in [5.74, 6) is 0.906. The fourth-order valence-corrected chi connectivity index (χ4v) is 5.08. The number of hydrogen-bond donors (Lipinski definition) is 0. The molecule has 0 bridgehead atoms. The van der Waals surface area contributed by atoms with Crippen molar-refractivity contribution in [3.63, 3.8) is 0 Å². The number of benzene rings is 2. The van der Waals surface area contributed by atoms with Crippen LogP contribution in [0.1, 0.15) is 15.9 Å². The predicted molar refractivity (Wildman–Crippen MR) is 110 cm³/mol. The van der Waals surface area contributed by atoms with Crippen LogP contribution in [0.3, 0.4) is 0 Å². The fourth-order valence-electron chi connectivity index (χ4n) is 2.54. The first kappa shape index (κ1) is 19.1. The quantitative estimate of drug-likeness (QED) is 0.175. The molecular weight excluding hydrogens is 382 g/mol. The summed E-state index contributed by atoms with van der Waals surface area (Å²) in [4.78, 5) is 36.4. The number of nitro benzene ring substituents is 1. The summed E-state index contributed by atoms with van der Waals surface area (Å²) in [5.41, 5.74) is 0.804. The number of hydrogen-bond acceptors (Lipinski definition) is 6. The van der Waals surface area contributed by atoms with Gasteiger partial charge in [-0.15, -0.1) is 23.5 Å². The number of para-hydroxylation sites is 1. The Labute approximate surface area is 164 Å². The molecule has 136 valence electrons. The van der Waals surface area contributed by atoms with E-state index >= 15 is 0 Å². The first-order valence-electron chi connectivity index (χ1n) is 8.13. The number of Topliss-reactive ketones (excluding diaryl/α,β-unsaturated/α-hetero) is 1. The van der Waals surface area contributed by atoms with E-state index in [-0.39, 0.29) is 17.0 Å². The molecule has 1 fully saturated rings. The maximum Gasteiger partial charge on any atom is 0.276 e. The smallest absolute Gasteiger partial charge is 0.276 e. The number of nitrogens with zero attached hydrogens (tertiary/aromatic N) is 1. The molecule has 2 aromatic carbocycles. The van der Waals surface area contributed by atoms with Crippen molar-refractivity contribution in [3.8, 4) is 0 Å². The second-order valence-corrected chi connectivity index (χ2v) is 8.04. The molecule has 1 aliphatic rings. The average molecular weight is 397 g/mol. The van der Waals surface area contributed by atoms with Gasteiger partial charge in [0.1, 0.15) is 0 Å². The Morgan fingerprint density at radius 1 is 0.963 bits per heavy atom. The maximum absolute atomic E-state index is 12.9. The lowest BCUT2D eigenvalue weighted by Crippen LogP contribution is -2.12. The zero-order valence-corrected chi connectivity index (χ0v) is 15.8. The van der Waals surface area contributed by atoms with Gasteiger partial charge in [0.05, 0.1) is 20.3 Å². The summed E-state index contributed by atoms with van der Waals surface area (Å²) in [5, 5.41) is 11.1.